The Balaban J connectivity index is 1.31. The maximum atomic E-state index is 12.9. The minimum absolute atomic E-state index is 0.0178. The summed E-state index contributed by atoms with van der Waals surface area (Å²) in [6.45, 7) is 1.43. The van der Waals surface area contributed by atoms with E-state index in [-0.39, 0.29) is 11.8 Å². The molecule has 1 aliphatic heterocycles. The molecular formula is C24H27N5O3. The van der Waals surface area contributed by atoms with Crippen molar-refractivity contribution in [2.75, 3.05) is 30.4 Å². The number of rotatable bonds is 6. The number of piperidine rings is 1. The van der Waals surface area contributed by atoms with Crippen molar-refractivity contribution in [1.82, 2.24) is 15.1 Å². The first-order chi connectivity index (χ1) is 15.7. The largest absolute Gasteiger partial charge is 0.497 e. The molecule has 0 bridgehead atoms. The zero-order valence-electron chi connectivity index (χ0n) is 18.2. The highest BCUT2D eigenvalue weighted by Crippen LogP contribution is 2.37. The summed E-state index contributed by atoms with van der Waals surface area (Å²) in [5.41, 5.74) is 1.61. The molecule has 8 heteroatoms. The molecule has 1 atom stereocenters. The topological polar surface area (TPSA) is 93.4 Å². The second-order valence-corrected chi connectivity index (χ2v) is 8.46. The molecular weight excluding hydrogens is 406 g/mol. The van der Waals surface area contributed by atoms with Crippen molar-refractivity contribution in [1.29, 1.82) is 0 Å². The van der Waals surface area contributed by atoms with Crippen LogP contribution in [-0.4, -0.2) is 41.2 Å². The second kappa shape index (κ2) is 8.98. The summed E-state index contributed by atoms with van der Waals surface area (Å²) in [6, 6.07) is 11.2. The molecule has 1 N–H and O–H groups in total. The van der Waals surface area contributed by atoms with Gasteiger partial charge >= 0.3 is 0 Å². The van der Waals surface area contributed by atoms with E-state index in [0.717, 1.165) is 60.9 Å². The summed E-state index contributed by atoms with van der Waals surface area (Å²) >= 11 is 0. The quantitative estimate of drug-likeness (QED) is 0.621. The van der Waals surface area contributed by atoms with Gasteiger partial charge < -0.3 is 19.5 Å². The van der Waals surface area contributed by atoms with Crippen molar-refractivity contribution in [2.24, 2.45) is 5.92 Å². The molecule has 1 aliphatic carbocycles. The number of nitrogens with one attached hydrogen (secondary N) is 1. The van der Waals surface area contributed by atoms with Crippen LogP contribution >= 0.6 is 0 Å². The lowest BCUT2D eigenvalue weighted by molar-refractivity contribution is -0.120. The average Bonchev–Trinajstić information content (AvgIpc) is 3.28. The number of carbonyl (C=O) groups is 1. The molecule has 1 saturated heterocycles. The number of carbonyl (C=O) groups excluding carboxylic acids is 1. The fraction of sp³-hybridized carbons (Fsp3) is 0.417. The van der Waals surface area contributed by atoms with Gasteiger partial charge in [-0.2, -0.15) is 4.98 Å². The molecule has 2 fully saturated rings. The summed E-state index contributed by atoms with van der Waals surface area (Å²) in [7, 11) is 1.62. The van der Waals surface area contributed by atoms with E-state index in [0.29, 0.717) is 18.3 Å². The van der Waals surface area contributed by atoms with Gasteiger partial charge in [0.1, 0.15) is 11.6 Å². The first kappa shape index (κ1) is 20.5. The van der Waals surface area contributed by atoms with Gasteiger partial charge in [0.15, 0.2) is 0 Å². The van der Waals surface area contributed by atoms with E-state index >= 15 is 0 Å². The maximum Gasteiger partial charge on any atom is 0.230 e. The van der Waals surface area contributed by atoms with E-state index in [2.05, 4.69) is 25.3 Å². The SMILES string of the molecule is COc1ccc(NC(=O)[C@H]2CCCN(c3ncccc3-c3noc(C4CCC4)n3)C2)cc1. The van der Waals surface area contributed by atoms with Gasteiger partial charge in [0.25, 0.3) is 0 Å². The summed E-state index contributed by atoms with van der Waals surface area (Å²) in [5.74, 6) is 3.13. The monoisotopic (exact) mass is 433 g/mol. The summed E-state index contributed by atoms with van der Waals surface area (Å²) < 4.78 is 10.7. The number of hydrogen-bond acceptors (Lipinski definition) is 7. The first-order valence-corrected chi connectivity index (χ1v) is 11.2. The second-order valence-electron chi connectivity index (χ2n) is 8.46. The molecule has 1 aromatic carbocycles. The summed E-state index contributed by atoms with van der Waals surface area (Å²) in [5, 5.41) is 7.26. The molecule has 5 rings (SSSR count). The molecule has 32 heavy (non-hydrogen) atoms. The first-order valence-electron chi connectivity index (χ1n) is 11.2. The Morgan fingerprint density at radius 3 is 2.75 bits per heavy atom. The Bertz CT molecular complexity index is 1080. The Morgan fingerprint density at radius 1 is 1.16 bits per heavy atom. The van der Waals surface area contributed by atoms with E-state index in [1.54, 1.807) is 13.3 Å². The number of pyridine rings is 1. The third-order valence-electron chi connectivity index (χ3n) is 6.37. The highest BCUT2D eigenvalue weighted by molar-refractivity contribution is 5.93. The predicted molar refractivity (Wildman–Crippen MR) is 121 cm³/mol. The minimum Gasteiger partial charge on any atom is -0.497 e. The lowest BCUT2D eigenvalue weighted by Crippen LogP contribution is -2.41. The average molecular weight is 434 g/mol. The molecule has 0 spiro atoms. The van der Waals surface area contributed by atoms with Crippen molar-refractivity contribution in [3.63, 3.8) is 0 Å². The number of nitrogens with zero attached hydrogens (tertiary/aromatic N) is 4. The van der Waals surface area contributed by atoms with E-state index in [1.165, 1.54) is 6.42 Å². The van der Waals surface area contributed by atoms with Crippen LogP contribution in [0.3, 0.4) is 0 Å². The van der Waals surface area contributed by atoms with E-state index in [1.807, 2.05) is 36.4 Å². The van der Waals surface area contributed by atoms with Crippen LogP contribution < -0.4 is 15.0 Å². The third-order valence-corrected chi connectivity index (χ3v) is 6.37. The van der Waals surface area contributed by atoms with Crippen LogP contribution in [0.1, 0.15) is 43.9 Å². The van der Waals surface area contributed by atoms with Gasteiger partial charge in [-0.25, -0.2) is 4.98 Å². The number of aromatic nitrogens is 3. The highest BCUT2D eigenvalue weighted by Gasteiger charge is 2.30. The standard InChI is InChI=1S/C24H27N5O3/c1-31-19-11-9-18(10-12-19)26-23(30)17-7-4-14-29(15-17)22-20(8-3-13-25-22)21-27-24(32-28-21)16-5-2-6-16/h3,8-13,16-17H,2,4-7,14-15H2,1H3,(H,26,30)/t17-/m0/s1. The van der Waals surface area contributed by atoms with Gasteiger partial charge in [-0.05, 0) is 62.1 Å². The van der Waals surface area contributed by atoms with Crippen LogP contribution in [0, 0.1) is 5.92 Å². The molecule has 3 aromatic rings. The number of methoxy groups -OCH3 is 1. The Labute approximate surface area is 187 Å². The molecule has 1 amide bonds. The van der Waals surface area contributed by atoms with Crippen molar-refractivity contribution in [2.45, 2.75) is 38.0 Å². The fourth-order valence-corrected chi connectivity index (χ4v) is 4.29. The van der Waals surface area contributed by atoms with Crippen molar-refractivity contribution < 1.29 is 14.1 Å². The van der Waals surface area contributed by atoms with Gasteiger partial charge in [0.2, 0.25) is 17.6 Å². The van der Waals surface area contributed by atoms with Gasteiger partial charge in [0.05, 0.1) is 18.6 Å². The van der Waals surface area contributed by atoms with E-state index in [9.17, 15) is 4.79 Å². The molecule has 0 radical (unpaired) electrons. The fourth-order valence-electron chi connectivity index (χ4n) is 4.29. The number of hydrogen-bond donors (Lipinski definition) is 1. The Morgan fingerprint density at radius 2 is 2.00 bits per heavy atom. The normalized spacial score (nSPS) is 18.8. The Kier molecular flexibility index (Phi) is 5.75. The zero-order valence-corrected chi connectivity index (χ0v) is 18.2. The number of ether oxygens (including phenoxy) is 1. The lowest BCUT2D eigenvalue weighted by atomic mass is 9.85. The van der Waals surface area contributed by atoms with Gasteiger partial charge in [-0.3, -0.25) is 4.79 Å². The molecule has 2 aliphatic rings. The lowest BCUT2D eigenvalue weighted by Gasteiger charge is -2.33. The summed E-state index contributed by atoms with van der Waals surface area (Å²) in [6.07, 6.45) is 6.96. The van der Waals surface area contributed by atoms with E-state index < -0.39 is 0 Å². The third kappa shape index (κ3) is 4.17. The van der Waals surface area contributed by atoms with Gasteiger partial charge in [0, 0.05) is 30.9 Å². The van der Waals surface area contributed by atoms with Gasteiger partial charge in [-0.1, -0.05) is 11.6 Å². The number of benzene rings is 1. The highest BCUT2D eigenvalue weighted by atomic mass is 16.5. The maximum absolute atomic E-state index is 12.9. The van der Waals surface area contributed by atoms with Crippen LogP contribution in [0.5, 0.6) is 5.75 Å². The van der Waals surface area contributed by atoms with Crippen LogP contribution in [-0.2, 0) is 4.79 Å². The molecule has 2 aromatic heterocycles. The van der Waals surface area contributed by atoms with Crippen LogP contribution in [0.25, 0.3) is 11.4 Å². The van der Waals surface area contributed by atoms with Crippen molar-refractivity contribution in [3.05, 3.63) is 48.5 Å². The molecule has 8 nitrogen and oxygen atoms in total. The molecule has 1 saturated carbocycles. The van der Waals surface area contributed by atoms with Crippen LogP contribution in [0.2, 0.25) is 0 Å². The minimum atomic E-state index is -0.128. The van der Waals surface area contributed by atoms with E-state index in [4.69, 9.17) is 9.26 Å². The van der Waals surface area contributed by atoms with Crippen molar-refractivity contribution >= 4 is 17.4 Å². The molecule has 166 valence electrons. The predicted octanol–water partition coefficient (Wildman–Crippen LogP) is 4.26. The van der Waals surface area contributed by atoms with Gasteiger partial charge in [-0.15, -0.1) is 0 Å². The summed E-state index contributed by atoms with van der Waals surface area (Å²) in [4.78, 5) is 24.4. The smallest absolute Gasteiger partial charge is 0.230 e. The Hall–Kier alpha value is -3.42. The van der Waals surface area contributed by atoms with Crippen LogP contribution in [0.15, 0.2) is 47.1 Å². The van der Waals surface area contributed by atoms with Crippen LogP contribution in [0.4, 0.5) is 11.5 Å². The zero-order chi connectivity index (χ0) is 21.9. The number of anilines is 2. The van der Waals surface area contributed by atoms with Crippen molar-refractivity contribution in [3.8, 4) is 17.1 Å². The molecule has 3 heterocycles. The number of amides is 1. The molecule has 0 unspecified atom stereocenters.